The summed E-state index contributed by atoms with van der Waals surface area (Å²) in [7, 11) is 1.67. The Balaban J connectivity index is 1.33. The van der Waals surface area contributed by atoms with Gasteiger partial charge in [-0.05, 0) is 49.7 Å². The van der Waals surface area contributed by atoms with E-state index in [2.05, 4.69) is 23.3 Å². The van der Waals surface area contributed by atoms with Gasteiger partial charge in [-0.15, -0.1) is 11.3 Å². The summed E-state index contributed by atoms with van der Waals surface area (Å²) in [4.78, 5) is 22.0. The fraction of sp³-hybridized carbons (Fsp3) is 0.333. The second-order valence-corrected chi connectivity index (χ2v) is 8.62. The Morgan fingerprint density at radius 1 is 1.07 bits per heavy atom. The number of aryl methyl sites for hydroxylation is 2. The van der Waals surface area contributed by atoms with Crippen LogP contribution in [-0.4, -0.2) is 54.0 Å². The molecule has 30 heavy (non-hydrogen) atoms. The van der Waals surface area contributed by atoms with E-state index in [9.17, 15) is 4.79 Å². The summed E-state index contributed by atoms with van der Waals surface area (Å²) in [5.41, 5.74) is 5.25. The number of thiazole rings is 1. The molecule has 0 N–H and O–H groups in total. The second kappa shape index (κ2) is 8.98. The fourth-order valence-corrected chi connectivity index (χ4v) is 4.62. The van der Waals surface area contributed by atoms with E-state index in [4.69, 9.17) is 9.72 Å². The van der Waals surface area contributed by atoms with Gasteiger partial charge in [-0.25, -0.2) is 4.98 Å². The zero-order valence-corrected chi connectivity index (χ0v) is 18.5. The van der Waals surface area contributed by atoms with Gasteiger partial charge in [-0.1, -0.05) is 17.7 Å². The van der Waals surface area contributed by atoms with Crippen LogP contribution in [0.4, 0.5) is 0 Å². The van der Waals surface area contributed by atoms with Crippen LogP contribution in [0.15, 0.2) is 47.8 Å². The first-order chi connectivity index (χ1) is 14.5. The van der Waals surface area contributed by atoms with E-state index >= 15 is 0 Å². The van der Waals surface area contributed by atoms with Crippen LogP contribution in [0.3, 0.4) is 0 Å². The lowest BCUT2D eigenvalue weighted by atomic mass is 10.0. The monoisotopic (exact) mass is 421 g/mol. The molecule has 4 rings (SSSR count). The third-order valence-corrected chi connectivity index (χ3v) is 6.49. The predicted octanol–water partition coefficient (Wildman–Crippen LogP) is 4.39. The highest BCUT2D eigenvalue weighted by molar-refractivity contribution is 7.13. The molecule has 1 amide bonds. The zero-order chi connectivity index (χ0) is 21.1. The molecule has 6 heteroatoms. The summed E-state index contributed by atoms with van der Waals surface area (Å²) in [5, 5.41) is 3.16. The van der Waals surface area contributed by atoms with Gasteiger partial charge in [0.05, 0.1) is 12.8 Å². The first-order valence-electron chi connectivity index (χ1n) is 10.2. The minimum Gasteiger partial charge on any atom is -0.497 e. The van der Waals surface area contributed by atoms with Crippen LogP contribution in [0.2, 0.25) is 0 Å². The molecule has 0 aliphatic carbocycles. The Bertz CT molecular complexity index is 1020. The number of rotatable bonds is 5. The lowest BCUT2D eigenvalue weighted by Gasteiger charge is -2.34. The van der Waals surface area contributed by atoms with Crippen molar-refractivity contribution in [3.05, 3.63) is 70.2 Å². The van der Waals surface area contributed by atoms with Gasteiger partial charge in [-0.3, -0.25) is 9.69 Å². The SMILES string of the molecule is COc1ccc(-c2nc(CN3CCN(C(=O)c4ccc(C)cc4C)CC3)cs2)cc1. The molecule has 1 aliphatic rings. The highest BCUT2D eigenvalue weighted by Crippen LogP contribution is 2.26. The molecule has 1 aliphatic heterocycles. The molecule has 0 saturated carbocycles. The van der Waals surface area contributed by atoms with Crippen molar-refractivity contribution in [2.45, 2.75) is 20.4 Å². The summed E-state index contributed by atoms with van der Waals surface area (Å²) in [5.74, 6) is 0.992. The maximum atomic E-state index is 12.9. The van der Waals surface area contributed by atoms with Crippen LogP contribution >= 0.6 is 11.3 Å². The Morgan fingerprint density at radius 3 is 2.47 bits per heavy atom. The average molecular weight is 422 g/mol. The molecular formula is C24H27N3O2S. The lowest BCUT2D eigenvalue weighted by Crippen LogP contribution is -2.48. The van der Waals surface area contributed by atoms with Gasteiger partial charge in [0.2, 0.25) is 0 Å². The predicted molar refractivity (Wildman–Crippen MR) is 121 cm³/mol. The van der Waals surface area contributed by atoms with Crippen molar-refractivity contribution >= 4 is 17.2 Å². The van der Waals surface area contributed by atoms with E-state index in [1.807, 2.05) is 48.2 Å². The highest BCUT2D eigenvalue weighted by Gasteiger charge is 2.23. The van der Waals surface area contributed by atoms with Crippen molar-refractivity contribution in [2.75, 3.05) is 33.3 Å². The van der Waals surface area contributed by atoms with E-state index < -0.39 is 0 Å². The van der Waals surface area contributed by atoms with Crippen molar-refractivity contribution < 1.29 is 9.53 Å². The molecule has 2 aromatic carbocycles. The van der Waals surface area contributed by atoms with Crippen molar-refractivity contribution in [1.82, 2.24) is 14.8 Å². The molecule has 0 radical (unpaired) electrons. The van der Waals surface area contributed by atoms with Gasteiger partial charge >= 0.3 is 0 Å². The number of ether oxygens (including phenoxy) is 1. The van der Waals surface area contributed by atoms with Crippen molar-refractivity contribution in [3.63, 3.8) is 0 Å². The summed E-state index contributed by atoms with van der Waals surface area (Å²) in [6.45, 7) is 8.12. The molecule has 1 aromatic heterocycles. The standard InChI is InChI=1S/C24H27N3O2S/c1-17-4-9-22(18(2)14-17)24(28)27-12-10-26(11-13-27)15-20-16-30-23(25-20)19-5-7-21(29-3)8-6-19/h4-9,14,16H,10-13,15H2,1-3H3. The molecule has 5 nitrogen and oxygen atoms in total. The summed E-state index contributed by atoms with van der Waals surface area (Å²) in [6, 6.07) is 14.0. The molecule has 0 spiro atoms. The molecule has 0 bridgehead atoms. The quantitative estimate of drug-likeness (QED) is 0.613. The van der Waals surface area contributed by atoms with Gasteiger partial charge in [0.1, 0.15) is 10.8 Å². The topological polar surface area (TPSA) is 45.7 Å². The number of carbonyl (C=O) groups is 1. The van der Waals surface area contributed by atoms with E-state index in [0.29, 0.717) is 0 Å². The molecule has 1 saturated heterocycles. The van der Waals surface area contributed by atoms with Gasteiger partial charge in [-0.2, -0.15) is 0 Å². The fourth-order valence-electron chi connectivity index (χ4n) is 3.81. The number of aromatic nitrogens is 1. The molecular weight excluding hydrogens is 394 g/mol. The van der Waals surface area contributed by atoms with E-state index in [1.54, 1.807) is 18.4 Å². The highest BCUT2D eigenvalue weighted by atomic mass is 32.1. The minimum atomic E-state index is 0.141. The third kappa shape index (κ3) is 4.55. The average Bonchev–Trinajstić information content (AvgIpc) is 3.22. The Morgan fingerprint density at radius 2 is 1.80 bits per heavy atom. The molecule has 0 unspecified atom stereocenters. The first kappa shape index (κ1) is 20.6. The Hall–Kier alpha value is -2.70. The van der Waals surface area contributed by atoms with E-state index in [-0.39, 0.29) is 5.91 Å². The van der Waals surface area contributed by atoms with Crippen LogP contribution in [0, 0.1) is 13.8 Å². The number of amides is 1. The number of hydrogen-bond donors (Lipinski definition) is 0. The third-order valence-electron chi connectivity index (χ3n) is 5.55. The molecule has 0 atom stereocenters. The first-order valence-corrected chi connectivity index (χ1v) is 11.1. The number of piperazine rings is 1. The smallest absolute Gasteiger partial charge is 0.254 e. The van der Waals surface area contributed by atoms with Crippen molar-refractivity contribution in [1.29, 1.82) is 0 Å². The Labute approximate surface area is 181 Å². The summed E-state index contributed by atoms with van der Waals surface area (Å²) < 4.78 is 5.22. The molecule has 1 fully saturated rings. The number of benzene rings is 2. The van der Waals surface area contributed by atoms with Gasteiger partial charge in [0.25, 0.3) is 5.91 Å². The minimum absolute atomic E-state index is 0.141. The number of hydrogen-bond acceptors (Lipinski definition) is 5. The largest absolute Gasteiger partial charge is 0.497 e. The Kier molecular flexibility index (Phi) is 6.16. The van der Waals surface area contributed by atoms with Crippen molar-refractivity contribution in [3.8, 4) is 16.3 Å². The number of methoxy groups -OCH3 is 1. The van der Waals surface area contributed by atoms with E-state index in [0.717, 1.165) is 65.9 Å². The van der Waals surface area contributed by atoms with Gasteiger partial charge < -0.3 is 9.64 Å². The normalized spacial score (nSPS) is 14.7. The van der Waals surface area contributed by atoms with Gasteiger partial charge in [0.15, 0.2) is 0 Å². The van der Waals surface area contributed by atoms with Gasteiger partial charge in [0, 0.05) is 49.2 Å². The maximum absolute atomic E-state index is 12.9. The molecule has 3 aromatic rings. The summed E-state index contributed by atoms with van der Waals surface area (Å²) >= 11 is 1.67. The van der Waals surface area contributed by atoms with Crippen LogP contribution in [0.5, 0.6) is 5.75 Å². The summed E-state index contributed by atoms with van der Waals surface area (Å²) in [6.07, 6.45) is 0. The van der Waals surface area contributed by atoms with Crippen LogP contribution in [-0.2, 0) is 6.54 Å². The van der Waals surface area contributed by atoms with Crippen LogP contribution in [0.1, 0.15) is 27.2 Å². The lowest BCUT2D eigenvalue weighted by molar-refractivity contribution is 0.0626. The second-order valence-electron chi connectivity index (χ2n) is 7.76. The van der Waals surface area contributed by atoms with Crippen LogP contribution < -0.4 is 4.74 Å². The zero-order valence-electron chi connectivity index (χ0n) is 17.7. The molecule has 2 heterocycles. The molecule has 156 valence electrons. The van der Waals surface area contributed by atoms with E-state index in [1.165, 1.54) is 5.56 Å². The number of carbonyl (C=O) groups excluding carboxylic acids is 1. The van der Waals surface area contributed by atoms with Crippen molar-refractivity contribution in [2.24, 2.45) is 0 Å². The van der Waals surface area contributed by atoms with Crippen LogP contribution in [0.25, 0.3) is 10.6 Å². The maximum Gasteiger partial charge on any atom is 0.254 e. The number of nitrogens with zero attached hydrogens (tertiary/aromatic N) is 3.